The first-order valence-corrected chi connectivity index (χ1v) is 12.8. The highest BCUT2D eigenvalue weighted by molar-refractivity contribution is 8.02. The Morgan fingerprint density at radius 2 is 1.86 bits per heavy atom. The lowest BCUT2D eigenvalue weighted by Gasteiger charge is -2.13. The fraction of sp³-hybridized carbons (Fsp3) is 0.192. The highest BCUT2D eigenvalue weighted by Gasteiger charge is 2.20. The van der Waals surface area contributed by atoms with Gasteiger partial charge in [0.05, 0.1) is 18.0 Å². The van der Waals surface area contributed by atoms with Crippen molar-refractivity contribution < 1.29 is 13.9 Å². The SMILES string of the molecule is COc1cc2c(cc1NC(=O)C(C)Sc1nnc(Nc3ccc(C)c(C)c3)s1)oc1ccccc12. The van der Waals surface area contributed by atoms with Crippen LogP contribution in [0, 0.1) is 13.8 Å². The maximum absolute atomic E-state index is 13.0. The average molecular weight is 505 g/mol. The number of para-hydroxylation sites is 1. The molecule has 0 saturated heterocycles. The molecule has 0 aliphatic rings. The molecule has 2 aromatic heterocycles. The Morgan fingerprint density at radius 3 is 2.66 bits per heavy atom. The molecule has 1 atom stereocenters. The van der Waals surface area contributed by atoms with Crippen molar-refractivity contribution >= 4 is 67.5 Å². The van der Waals surface area contributed by atoms with E-state index in [1.54, 1.807) is 13.2 Å². The van der Waals surface area contributed by atoms with Gasteiger partial charge < -0.3 is 19.8 Å². The lowest BCUT2D eigenvalue weighted by molar-refractivity contribution is -0.115. The van der Waals surface area contributed by atoms with Gasteiger partial charge in [0.1, 0.15) is 16.9 Å². The number of carbonyl (C=O) groups is 1. The van der Waals surface area contributed by atoms with Crippen molar-refractivity contribution in [2.24, 2.45) is 0 Å². The summed E-state index contributed by atoms with van der Waals surface area (Å²) >= 11 is 2.77. The minimum atomic E-state index is -0.395. The highest BCUT2D eigenvalue weighted by Crippen LogP contribution is 2.37. The molecule has 5 aromatic rings. The molecule has 0 saturated carbocycles. The van der Waals surface area contributed by atoms with E-state index in [9.17, 15) is 4.79 Å². The number of hydrogen-bond donors (Lipinski definition) is 2. The lowest BCUT2D eigenvalue weighted by atomic mass is 10.1. The second-order valence-corrected chi connectivity index (χ2v) is 10.8. The molecule has 35 heavy (non-hydrogen) atoms. The summed E-state index contributed by atoms with van der Waals surface area (Å²) in [5, 5.41) is 16.9. The zero-order chi connectivity index (χ0) is 24.5. The van der Waals surface area contributed by atoms with E-state index in [0.717, 1.165) is 22.0 Å². The van der Waals surface area contributed by atoms with Gasteiger partial charge in [-0.1, -0.05) is 47.4 Å². The molecule has 0 radical (unpaired) electrons. The molecule has 5 rings (SSSR count). The molecule has 9 heteroatoms. The van der Waals surface area contributed by atoms with Gasteiger partial charge in [0, 0.05) is 22.5 Å². The second-order valence-electron chi connectivity index (χ2n) is 8.19. The molecule has 0 bridgehead atoms. The Morgan fingerprint density at radius 1 is 1.03 bits per heavy atom. The summed E-state index contributed by atoms with van der Waals surface area (Å²) in [6.07, 6.45) is 0. The summed E-state index contributed by atoms with van der Waals surface area (Å²) in [4.78, 5) is 13.0. The maximum atomic E-state index is 13.0. The molecule has 2 heterocycles. The van der Waals surface area contributed by atoms with E-state index in [4.69, 9.17) is 9.15 Å². The summed E-state index contributed by atoms with van der Waals surface area (Å²) < 4.78 is 12.2. The van der Waals surface area contributed by atoms with Crippen LogP contribution in [0.1, 0.15) is 18.1 Å². The van der Waals surface area contributed by atoms with Gasteiger partial charge in [-0.05, 0) is 56.2 Å². The largest absolute Gasteiger partial charge is 0.495 e. The second kappa shape index (κ2) is 9.59. The van der Waals surface area contributed by atoms with Gasteiger partial charge in [0.15, 0.2) is 4.34 Å². The van der Waals surface area contributed by atoms with Gasteiger partial charge in [-0.25, -0.2) is 0 Å². The van der Waals surface area contributed by atoms with E-state index in [1.165, 1.54) is 34.2 Å². The Hall–Kier alpha value is -3.56. The van der Waals surface area contributed by atoms with Gasteiger partial charge >= 0.3 is 0 Å². The standard InChI is InChI=1S/C26H24N4O3S2/c1-14-9-10-17(11-15(14)2)27-25-29-30-26(35-25)34-16(3)24(31)28-20-13-22-19(12-23(20)32-4)18-7-5-6-8-21(18)33-22/h5-13,16H,1-4H3,(H,27,29)(H,28,31). The van der Waals surface area contributed by atoms with Crippen LogP contribution in [-0.4, -0.2) is 28.5 Å². The number of nitrogens with zero attached hydrogens (tertiary/aromatic N) is 2. The summed E-state index contributed by atoms with van der Waals surface area (Å²) in [6, 6.07) is 17.7. The molecule has 0 fully saturated rings. The van der Waals surface area contributed by atoms with Crippen LogP contribution in [0.5, 0.6) is 5.75 Å². The summed E-state index contributed by atoms with van der Waals surface area (Å²) in [5.74, 6) is 0.410. The Kier molecular flexibility index (Phi) is 6.36. The number of thioether (sulfide) groups is 1. The first-order chi connectivity index (χ1) is 16.9. The average Bonchev–Trinajstić information content (AvgIpc) is 3.44. The van der Waals surface area contributed by atoms with Gasteiger partial charge in [-0.2, -0.15) is 0 Å². The topological polar surface area (TPSA) is 89.3 Å². The van der Waals surface area contributed by atoms with E-state index in [1.807, 2.05) is 43.3 Å². The normalized spacial score (nSPS) is 12.1. The minimum Gasteiger partial charge on any atom is -0.495 e. The predicted molar refractivity (Wildman–Crippen MR) is 143 cm³/mol. The molecular weight excluding hydrogens is 480 g/mol. The van der Waals surface area contributed by atoms with E-state index in [2.05, 4.69) is 46.8 Å². The number of furan rings is 1. The van der Waals surface area contributed by atoms with Gasteiger partial charge in [-0.3, -0.25) is 4.79 Å². The third-order valence-electron chi connectivity index (χ3n) is 5.77. The maximum Gasteiger partial charge on any atom is 0.237 e. The molecule has 2 N–H and O–H groups in total. The number of amides is 1. The van der Waals surface area contributed by atoms with Crippen LogP contribution >= 0.6 is 23.1 Å². The molecular formula is C26H24N4O3S2. The van der Waals surface area contributed by atoms with Crippen molar-refractivity contribution in [3.8, 4) is 5.75 Å². The number of aryl methyl sites for hydroxylation is 2. The van der Waals surface area contributed by atoms with Crippen LogP contribution < -0.4 is 15.4 Å². The third-order valence-corrected chi connectivity index (χ3v) is 7.79. The fourth-order valence-electron chi connectivity index (χ4n) is 3.71. The number of fused-ring (bicyclic) bond motifs is 3. The van der Waals surface area contributed by atoms with Crippen LogP contribution in [0.25, 0.3) is 21.9 Å². The monoisotopic (exact) mass is 504 g/mol. The molecule has 7 nitrogen and oxygen atoms in total. The number of carbonyl (C=O) groups excluding carboxylic acids is 1. The number of nitrogens with one attached hydrogen (secondary N) is 2. The van der Waals surface area contributed by atoms with E-state index in [-0.39, 0.29) is 5.91 Å². The number of rotatable bonds is 7. The summed E-state index contributed by atoms with van der Waals surface area (Å²) in [7, 11) is 1.59. The Balaban J connectivity index is 1.28. The molecule has 0 spiro atoms. The van der Waals surface area contributed by atoms with E-state index >= 15 is 0 Å². The number of methoxy groups -OCH3 is 1. The Labute approximate surface area is 210 Å². The predicted octanol–water partition coefficient (Wildman–Crippen LogP) is 6.93. The molecule has 1 unspecified atom stereocenters. The molecule has 3 aromatic carbocycles. The van der Waals surface area contributed by atoms with Crippen LogP contribution in [0.4, 0.5) is 16.5 Å². The third kappa shape index (κ3) is 4.82. The number of aromatic nitrogens is 2. The van der Waals surface area contributed by atoms with Crippen LogP contribution in [-0.2, 0) is 4.79 Å². The van der Waals surface area contributed by atoms with Gasteiger partial charge in [0.25, 0.3) is 0 Å². The van der Waals surface area contributed by atoms with Crippen molar-refractivity contribution in [1.82, 2.24) is 10.2 Å². The van der Waals surface area contributed by atoms with Crippen molar-refractivity contribution in [2.75, 3.05) is 17.7 Å². The highest BCUT2D eigenvalue weighted by atomic mass is 32.2. The molecule has 178 valence electrons. The van der Waals surface area contributed by atoms with Crippen molar-refractivity contribution in [1.29, 1.82) is 0 Å². The number of benzene rings is 3. The van der Waals surface area contributed by atoms with Crippen molar-refractivity contribution in [3.05, 3.63) is 65.7 Å². The summed E-state index contributed by atoms with van der Waals surface area (Å²) in [6.45, 7) is 5.99. The minimum absolute atomic E-state index is 0.164. The van der Waals surface area contributed by atoms with E-state index in [0.29, 0.717) is 26.5 Å². The zero-order valence-electron chi connectivity index (χ0n) is 19.7. The molecule has 0 aliphatic carbocycles. The van der Waals surface area contributed by atoms with Crippen LogP contribution in [0.2, 0.25) is 0 Å². The number of hydrogen-bond acceptors (Lipinski definition) is 8. The smallest absolute Gasteiger partial charge is 0.237 e. The van der Waals surface area contributed by atoms with Crippen molar-refractivity contribution in [3.63, 3.8) is 0 Å². The Bertz CT molecular complexity index is 1540. The number of ether oxygens (including phenoxy) is 1. The number of anilines is 3. The zero-order valence-corrected chi connectivity index (χ0v) is 21.3. The fourth-order valence-corrected chi connectivity index (χ4v) is 5.62. The molecule has 0 aliphatic heterocycles. The lowest BCUT2D eigenvalue weighted by Crippen LogP contribution is -2.22. The van der Waals surface area contributed by atoms with Crippen LogP contribution in [0.3, 0.4) is 0 Å². The van der Waals surface area contributed by atoms with Gasteiger partial charge in [-0.15, -0.1) is 10.2 Å². The summed E-state index contributed by atoms with van der Waals surface area (Å²) in [5.41, 5.74) is 5.44. The van der Waals surface area contributed by atoms with Gasteiger partial charge in [0.2, 0.25) is 11.0 Å². The van der Waals surface area contributed by atoms with Crippen LogP contribution in [0.15, 0.2) is 63.4 Å². The quantitative estimate of drug-likeness (QED) is 0.232. The first-order valence-electron chi connectivity index (χ1n) is 11.1. The molecule has 1 amide bonds. The first kappa shape index (κ1) is 23.2. The van der Waals surface area contributed by atoms with Crippen molar-refractivity contribution in [2.45, 2.75) is 30.4 Å². The van der Waals surface area contributed by atoms with E-state index < -0.39 is 5.25 Å².